The highest BCUT2D eigenvalue weighted by Gasteiger charge is 2.23. The SMILES string of the molecule is CC1Cc2c(C(N)=O)n[nH]c2CO1. The molecule has 1 atom stereocenters. The van der Waals surface area contributed by atoms with Crippen LogP contribution in [0.5, 0.6) is 0 Å². The van der Waals surface area contributed by atoms with Crippen LogP contribution in [0, 0.1) is 0 Å². The first-order chi connectivity index (χ1) is 6.18. The second-order valence-electron chi connectivity index (χ2n) is 3.22. The minimum atomic E-state index is -0.480. The Labute approximate surface area is 75.3 Å². The number of nitrogens with two attached hydrogens (primary N) is 1. The van der Waals surface area contributed by atoms with Gasteiger partial charge in [0.25, 0.3) is 5.91 Å². The van der Waals surface area contributed by atoms with E-state index >= 15 is 0 Å². The van der Waals surface area contributed by atoms with Gasteiger partial charge in [0.2, 0.25) is 0 Å². The number of carbonyl (C=O) groups excluding carboxylic acids is 1. The standard InChI is InChI=1S/C8H11N3O2/c1-4-2-5-6(3-13-4)10-11-7(5)8(9)12/h4H,2-3H2,1H3,(H2,9,12)(H,10,11). The normalized spacial score (nSPS) is 21.2. The van der Waals surface area contributed by atoms with E-state index in [0.29, 0.717) is 18.7 Å². The average molecular weight is 181 g/mol. The molecular formula is C8H11N3O2. The Hall–Kier alpha value is -1.36. The van der Waals surface area contributed by atoms with Crippen LogP contribution in [0.2, 0.25) is 0 Å². The van der Waals surface area contributed by atoms with Gasteiger partial charge in [-0.3, -0.25) is 9.89 Å². The highest BCUT2D eigenvalue weighted by molar-refractivity contribution is 5.92. The number of fused-ring (bicyclic) bond motifs is 1. The van der Waals surface area contributed by atoms with Gasteiger partial charge >= 0.3 is 0 Å². The van der Waals surface area contributed by atoms with Crippen molar-refractivity contribution in [2.45, 2.75) is 26.1 Å². The third-order valence-corrected chi connectivity index (χ3v) is 2.19. The van der Waals surface area contributed by atoms with E-state index in [1.54, 1.807) is 0 Å². The van der Waals surface area contributed by atoms with Crippen LogP contribution in [0.4, 0.5) is 0 Å². The van der Waals surface area contributed by atoms with Crippen LogP contribution in [0.15, 0.2) is 0 Å². The zero-order valence-corrected chi connectivity index (χ0v) is 7.33. The number of nitrogens with zero attached hydrogens (tertiary/aromatic N) is 1. The van der Waals surface area contributed by atoms with E-state index in [9.17, 15) is 4.79 Å². The molecule has 1 aliphatic rings. The van der Waals surface area contributed by atoms with Crippen molar-refractivity contribution in [3.8, 4) is 0 Å². The van der Waals surface area contributed by atoms with Gasteiger partial charge in [-0.05, 0) is 6.92 Å². The van der Waals surface area contributed by atoms with Crippen molar-refractivity contribution < 1.29 is 9.53 Å². The first-order valence-corrected chi connectivity index (χ1v) is 4.16. The van der Waals surface area contributed by atoms with E-state index in [1.165, 1.54) is 0 Å². The summed E-state index contributed by atoms with van der Waals surface area (Å²) < 4.78 is 5.37. The van der Waals surface area contributed by atoms with Gasteiger partial charge in [-0.15, -0.1) is 0 Å². The molecule has 0 aromatic carbocycles. The Morgan fingerprint density at radius 2 is 2.54 bits per heavy atom. The lowest BCUT2D eigenvalue weighted by atomic mass is 10.0. The van der Waals surface area contributed by atoms with Gasteiger partial charge in [0.05, 0.1) is 18.4 Å². The molecule has 5 nitrogen and oxygen atoms in total. The molecule has 13 heavy (non-hydrogen) atoms. The molecule has 0 fully saturated rings. The summed E-state index contributed by atoms with van der Waals surface area (Å²) in [5.74, 6) is -0.480. The maximum absolute atomic E-state index is 10.9. The van der Waals surface area contributed by atoms with Crippen molar-refractivity contribution in [1.82, 2.24) is 10.2 Å². The Morgan fingerprint density at radius 1 is 1.77 bits per heavy atom. The molecule has 1 aromatic heterocycles. The van der Waals surface area contributed by atoms with Crippen LogP contribution in [0.1, 0.15) is 28.7 Å². The van der Waals surface area contributed by atoms with Gasteiger partial charge in [-0.2, -0.15) is 5.10 Å². The summed E-state index contributed by atoms with van der Waals surface area (Å²) >= 11 is 0. The lowest BCUT2D eigenvalue weighted by Gasteiger charge is -2.18. The van der Waals surface area contributed by atoms with Gasteiger partial charge in [-0.1, -0.05) is 0 Å². The van der Waals surface area contributed by atoms with Crippen LogP contribution in [0.3, 0.4) is 0 Å². The molecule has 0 saturated heterocycles. The van der Waals surface area contributed by atoms with Crippen LogP contribution >= 0.6 is 0 Å². The number of hydrogen-bond acceptors (Lipinski definition) is 3. The monoisotopic (exact) mass is 181 g/mol. The fourth-order valence-corrected chi connectivity index (χ4v) is 1.52. The molecule has 0 aliphatic carbocycles. The minimum absolute atomic E-state index is 0.128. The third kappa shape index (κ3) is 1.31. The van der Waals surface area contributed by atoms with Crippen LogP contribution in [0.25, 0.3) is 0 Å². The molecule has 3 N–H and O–H groups in total. The first-order valence-electron chi connectivity index (χ1n) is 4.16. The maximum atomic E-state index is 10.9. The summed E-state index contributed by atoms with van der Waals surface area (Å²) in [6.07, 6.45) is 0.826. The predicted molar refractivity (Wildman–Crippen MR) is 45.1 cm³/mol. The average Bonchev–Trinajstić information content (AvgIpc) is 2.46. The summed E-state index contributed by atoms with van der Waals surface area (Å²) in [5, 5.41) is 6.60. The molecule has 0 saturated carbocycles. The molecule has 70 valence electrons. The summed E-state index contributed by atoms with van der Waals surface area (Å²) in [5.41, 5.74) is 7.29. The van der Waals surface area contributed by atoms with E-state index in [2.05, 4.69) is 10.2 Å². The Bertz CT molecular complexity index is 345. The molecule has 1 amide bonds. The number of aromatic nitrogens is 2. The number of H-pyrrole nitrogens is 1. The topological polar surface area (TPSA) is 81.0 Å². The summed E-state index contributed by atoms with van der Waals surface area (Å²) in [6.45, 7) is 2.44. The van der Waals surface area contributed by atoms with E-state index in [1.807, 2.05) is 6.92 Å². The number of carbonyl (C=O) groups is 1. The van der Waals surface area contributed by atoms with Crippen molar-refractivity contribution in [1.29, 1.82) is 0 Å². The van der Waals surface area contributed by atoms with Crippen LogP contribution in [-0.4, -0.2) is 22.2 Å². The molecule has 1 aliphatic heterocycles. The minimum Gasteiger partial charge on any atom is -0.372 e. The fourth-order valence-electron chi connectivity index (χ4n) is 1.52. The van der Waals surface area contributed by atoms with Gasteiger partial charge < -0.3 is 10.5 Å². The second kappa shape index (κ2) is 2.85. The summed E-state index contributed by atoms with van der Waals surface area (Å²) in [7, 11) is 0. The number of aromatic amines is 1. The number of amides is 1. The Kier molecular flexibility index (Phi) is 1.81. The molecule has 0 spiro atoms. The highest BCUT2D eigenvalue weighted by Crippen LogP contribution is 2.21. The summed E-state index contributed by atoms with van der Waals surface area (Å²) in [4.78, 5) is 10.9. The number of nitrogens with one attached hydrogen (secondary N) is 1. The molecular weight excluding hydrogens is 170 g/mol. The van der Waals surface area contributed by atoms with Gasteiger partial charge in [0.1, 0.15) is 0 Å². The quantitative estimate of drug-likeness (QED) is 0.638. The van der Waals surface area contributed by atoms with Crippen LogP contribution < -0.4 is 5.73 Å². The van der Waals surface area contributed by atoms with Gasteiger partial charge in [0.15, 0.2) is 5.69 Å². The van der Waals surface area contributed by atoms with Gasteiger partial charge in [0, 0.05) is 12.0 Å². The molecule has 0 bridgehead atoms. The van der Waals surface area contributed by atoms with E-state index < -0.39 is 5.91 Å². The van der Waals surface area contributed by atoms with Crippen LogP contribution in [-0.2, 0) is 17.8 Å². The number of rotatable bonds is 1. The predicted octanol–water partition coefficient (Wildman–Crippen LogP) is -0.0302. The Balaban J connectivity index is 2.41. The number of hydrogen-bond donors (Lipinski definition) is 2. The van der Waals surface area contributed by atoms with E-state index in [0.717, 1.165) is 11.3 Å². The smallest absolute Gasteiger partial charge is 0.269 e. The Morgan fingerprint density at radius 3 is 3.23 bits per heavy atom. The first kappa shape index (κ1) is 8.25. The lowest BCUT2D eigenvalue weighted by Crippen LogP contribution is -2.21. The molecule has 0 radical (unpaired) electrons. The van der Waals surface area contributed by atoms with E-state index in [4.69, 9.17) is 10.5 Å². The zero-order chi connectivity index (χ0) is 9.42. The van der Waals surface area contributed by atoms with Crippen molar-refractivity contribution in [3.05, 3.63) is 17.0 Å². The molecule has 1 unspecified atom stereocenters. The second-order valence-corrected chi connectivity index (χ2v) is 3.22. The number of ether oxygens (including phenoxy) is 1. The molecule has 2 rings (SSSR count). The zero-order valence-electron chi connectivity index (χ0n) is 7.33. The largest absolute Gasteiger partial charge is 0.372 e. The molecule has 1 aromatic rings. The van der Waals surface area contributed by atoms with Crippen molar-refractivity contribution in [3.63, 3.8) is 0 Å². The fraction of sp³-hybridized carbons (Fsp3) is 0.500. The molecule has 2 heterocycles. The lowest BCUT2D eigenvalue weighted by molar-refractivity contribution is 0.0389. The van der Waals surface area contributed by atoms with Gasteiger partial charge in [-0.25, -0.2) is 0 Å². The number of primary amides is 1. The molecule has 5 heteroatoms. The van der Waals surface area contributed by atoms with Crippen molar-refractivity contribution in [2.75, 3.05) is 0 Å². The van der Waals surface area contributed by atoms with Crippen molar-refractivity contribution in [2.24, 2.45) is 5.73 Å². The summed E-state index contributed by atoms with van der Waals surface area (Å²) in [6, 6.07) is 0. The maximum Gasteiger partial charge on any atom is 0.269 e. The van der Waals surface area contributed by atoms with Crippen molar-refractivity contribution >= 4 is 5.91 Å². The highest BCUT2D eigenvalue weighted by atomic mass is 16.5. The van der Waals surface area contributed by atoms with E-state index in [-0.39, 0.29) is 6.10 Å². The third-order valence-electron chi connectivity index (χ3n) is 2.19.